The molecule has 0 aliphatic carbocycles. The Hall–Kier alpha value is -0.570. The van der Waals surface area contributed by atoms with Gasteiger partial charge in [0.15, 0.2) is 0 Å². The van der Waals surface area contributed by atoms with E-state index < -0.39 is 0 Å². The molecule has 0 bridgehead atoms. The number of carbonyl (C=O) groups excluding carboxylic acids is 1. The van der Waals surface area contributed by atoms with Crippen LogP contribution in [-0.2, 0) is 4.79 Å². The largest absolute Gasteiger partial charge is 0.342 e. The van der Waals surface area contributed by atoms with Crippen molar-refractivity contribution in [1.29, 1.82) is 0 Å². The predicted molar refractivity (Wildman–Crippen MR) is 60.3 cm³/mol. The van der Waals surface area contributed by atoms with E-state index in [1.165, 1.54) is 0 Å². The number of nitrogens with zero attached hydrogens (tertiary/aromatic N) is 1. The summed E-state index contributed by atoms with van der Waals surface area (Å²) < 4.78 is 0. The fourth-order valence-electron chi connectivity index (χ4n) is 1.52. The molecule has 1 heterocycles. The van der Waals surface area contributed by atoms with Crippen molar-refractivity contribution in [2.75, 3.05) is 26.7 Å². The molecule has 1 rings (SSSR count). The summed E-state index contributed by atoms with van der Waals surface area (Å²) in [5.41, 5.74) is 0. The van der Waals surface area contributed by atoms with Gasteiger partial charge in [-0.1, -0.05) is 20.8 Å². The van der Waals surface area contributed by atoms with Gasteiger partial charge < -0.3 is 10.2 Å². The quantitative estimate of drug-likeness (QED) is 0.732. The van der Waals surface area contributed by atoms with Crippen LogP contribution >= 0.6 is 0 Å². The van der Waals surface area contributed by atoms with Gasteiger partial charge in [0.05, 0.1) is 6.54 Å². The minimum Gasteiger partial charge on any atom is -0.342 e. The molecule has 0 saturated carbocycles. The van der Waals surface area contributed by atoms with Crippen molar-refractivity contribution in [2.45, 2.75) is 33.6 Å². The Morgan fingerprint density at radius 3 is 2.29 bits per heavy atom. The minimum atomic E-state index is 0.240. The highest BCUT2D eigenvalue weighted by Crippen LogP contribution is 2.15. The summed E-state index contributed by atoms with van der Waals surface area (Å²) in [7, 11) is 1.81. The molecule has 0 radical (unpaired) electrons. The Bertz CT molecular complexity index is 151. The second kappa shape index (κ2) is 7.80. The zero-order valence-electron chi connectivity index (χ0n) is 9.97. The van der Waals surface area contributed by atoms with Gasteiger partial charge in [0, 0.05) is 13.1 Å². The first kappa shape index (κ1) is 13.4. The zero-order chi connectivity index (χ0) is 11.0. The number of amides is 1. The Morgan fingerprint density at radius 1 is 1.36 bits per heavy atom. The minimum absolute atomic E-state index is 0.240. The molecular formula is C11H24N2O. The first-order chi connectivity index (χ1) is 6.74. The van der Waals surface area contributed by atoms with Crippen molar-refractivity contribution in [3.05, 3.63) is 0 Å². The van der Waals surface area contributed by atoms with Crippen LogP contribution in [0.25, 0.3) is 0 Å². The summed E-state index contributed by atoms with van der Waals surface area (Å²) in [4.78, 5) is 13.3. The van der Waals surface area contributed by atoms with E-state index in [0.717, 1.165) is 31.8 Å². The predicted octanol–water partition coefficient (Wildman–Crippen LogP) is 1.49. The molecule has 3 nitrogen and oxygen atoms in total. The third kappa shape index (κ3) is 4.61. The van der Waals surface area contributed by atoms with Crippen molar-refractivity contribution in [1.82, 2.24) is 10.2 Å². The molecular weight excluding hydrogens is 176 g/mol. The van der Waals surface area contributed by atoms with Crippen LogP contribution in [0.4, 0.5) is 0 Å². The number of carbonyl (C=O) groups is 1. The summed E-state index contributed by atoms with van der Waals surface area (Å²) in [6.07, 6.45) is 2.32. The monoisotopic (exact) mass is 200 g/mol. The fraction of sp³-hybridized carbons (Fsp3) is 0.909. The highest BCUT2D eigenvalue weighted by atomic mass is 16.2. The van der Waals surface area contributed by atoms with Crippen molar-refractivity contribution >= 4 is 5.91 Å². The number of likely N-dealkylation sites (N-methyl/N-ethyl adjacent to an activating group) is 1. The Balaban J connectivity index is 0.000000791. The van der Waals surface area contributed by atoms with Gasteiger partial charge in [-0.2, -0.15) is 0 Å². The molecule has 0 spiro atoms. The summed E-state index contributed by atoms with van der Waals surface area (Å²) >= 11 is 0. The normalized spacial score (nSPS) is 17.3. The van der Waals surface area contributed by atoms with E-state index in [4.69, 9.17) is 0 Å². The second-order valence-electron chi connectivity index (χ2n) is 3.59. The maximum atomic E-state index is 11.4. The van der Waals surface area contributed by atoms with Crippen molar-refractivity contribution in [2.24, 2.45) is 5.92 Å². The molecule has 1 saturated heterocycles. The lowest BCUT2D eigenvalue weighted by Gasteiger charge is -2.30. The lowest BCUT2D eigenvalue weighted by molar-refractivity contribution is -0.131. The first-order valence-electron chi connectivity index (χ1n) is 5.66. The molecule has 3 heteroatoms. The summed E-state index contributed by atoms with van der Waals surface area (Å²) in [6.45, 7) is 8.62. The average molecular weight is 200 g/mol. The summed E-state index contributed by atoms with van der Waals surface area (Å²) in [5.74, 6) is 1.04. The van der Waals surface area contributed by atoms with Crippen LogP contribution < -0.4 is 5.32 Å². The van der Waals surface area contributed by atoms with Gasteiger partial charge in [0.1, 0.15) is 0 Å². The molecule has 0 aromatic carbocycles. The van der Waals surface area contributed by atoms with Gasteiger partial charge in [-0.15, -0.1) is 0 Å². The van der Waals surface area contributed by atoms with E-state index in [-0.39, 0.29) is 5.91 Å². The first-order valence-corrected chi connectivity index (χ1v) is 5.66. The number of piperidine rings is 1. The second-order valence-corrected chi connectivity index (χ2v) is 3.59. The molecule has 0 aromatic heterocycles. The highest BCUT2D eigenvalue weighted by Gasteiger charge is 2.18. The molecule has 1 aliphatic heterocycles. The van der Waals surface area contributed by atoms with Crippen LogP contribution in [0.5, 0.6) is 0 Å². The summed E-state index contributed by atoms with van der Waals surface area (Å²) in [5, 5.41) is 2.88. The van der Waals surface area contributed by atoms with Crippen molar-refractivity contribution in [3.63, 3.8) is 0 Å². The maximum absolute atomic E-state index is 11.4. The van der Waals surface area contributed by atoms with Crippen LogP contribution in [0.15, 0.2) is 0 Å². The van der Waals surface area contributed by atoms with Crippen LogP contribution in [-0.4, -0.2) is 37.5 Å². The number of hydrogen-bond acceptors (Lipinski definition) is 2. The number of nitrogens with one attached hydrogen (secondary N) is 1. The molecule has 0 atom stereocenters. The van der Waals surface area contributed by atoms with E-state index in [1.54, 1.807) is 0 Å². The molecule has 84 valence electrons. The van der Waals surface area contributed by atoms with E-state index in [0.29, 0.717) is 6.54 Å². The molecule has 0 unspecified atom stereocenters. The van der Waals surface area contributed by atoms with Gasteiger partial charge >= 0.3 is 0 Å². The van der Waals surface area contributed by atoms with Crippen LogP contribution in [0.2, 0.25) is 0 Å². The third-order valence-corrected chi connectivity index (χ3v) is 2.46. The van der Waals surface area contributed by atoms with Crippen molar-refractivity contribution < 1.29 is 4.79 Å². The van der Waals surface area contributed by atoms with E-state index in [9.17, 15) is 4.79 Å². The van der Waals surface area contributed by atoms with E-state index in [2.05, 4.69) is 12.2 Å². The van der Waals surface area contributed by atoms with Gasteiger partial charge in [0.25, 0.3) is 0 Å². The van der Waals surface area contributed by atoms with Crippen LogP contribution in [0.1, 0.15) is 33.6 Å². The van der Waals surface area contributed by atoms with Crippen LogP contribution in [0.3, 0.4) is 0 Å². The topological polar surface area (TPSA) is 32.3 Å². The fourth-order valence-corrected chi connectivity index (χ4v) is 1.52. The van der Waals surface area contributed by atoms with Gasteiger partial charge in [-0.05, 0) is 25.8 Å². The molecule has 0 aromatic rings. The average Bonchev–Trinajstić information content (AvgIpc) is 2.22. The molecule has 1 fully saturated rings. The standard InChI is InChI=1S/C9H18N2O.C2H6/c1-8-3-5-11(6-4-8)9(12)7-10-2;1-2/h8,10H,3-7H2,1-2H3;1-2H3. The van der Waals surface area contributed by atoms with Crippen LogP contribution in [0, 0.1) is 5.92 Å². The summed E-state index contributed by atoms with van der Waals surface area (Å²) in [6, 6.07) is 0. The number of likely N-dealkylation sites (tertiary alicyclic amines) is 1. The zero-order valence-corrected chi connectivity index (χ0v) is 9.97. The van der Waals surface area contributed by atoms with E-state index in [1.807, 2.05) is 25.8 Å². The van der Waals surface area contributed by atoms with Gasteiger partial charge in [0.2, 0.25) is 5.91 Å². The molecule has 1 amide bonds. The maximum Gasteiger partial charge on any atom is 0.236 e. The molecule has 14 heavy (non-hydrogen) atoms. The third-order valence-electron chi connectivity index (χ3n) is 2.46. The lowest BCUT2D eigenvalue weighted by atomic mass is 9.99. The molecule has 1 aliphatic rings. The lowest BCUT2D eigenvalue weighted by Crippen LogP contribution is -2.41. The Labute approximate surface area is 87.9 Å². The number of rotatable bonds is 2. The van der Waals surface area contributed by atoms with E-state index >= 15 is 0 Å². The Kier molecular flexibility index (Phi) is 7.48. The van der Waals surface area contributed by atoms with Gasteiger partial charge in [-0.25, -0.2) is 0 Å². The Morgan fingerprint density at radius 2 is 1.86 bits per heavy atom. The highest BCUT2D eigenvalue weighted by molar-refractivity contribution is 5.78. The van der Waals surface area contributed by atoms with Gasteiger partial charge in [-0.3, -0.25) is 4.79 Å². The smallest absolute Gasteiger partial charge is 0.236 e. The molecule has 1 N–H and O–H groups in total. The van der Waals surface area contributed by atoms with Crippen molar-refractivity contribution in [3.8, 4) is 0 Å². The SMILES string of the molecule is CC.CNCC(=O)N1CCC(C)CC1. The number of hydrogen-bond donors (Lipinski definition) is 1.